The number of hydrogen-bond donors (Lipinski definition) is 2. The number of nitrogens with one attached hydrogen (secondary N) is 2. The Hall–Kier alpha value is -1.95. The van der Waals surface area contributed by atoms with Crippen molar-refractivity contribution in [2.24, 2.45) is 0 Å². The van der Waals surface area contributed by atoms with E-state index in [4.69, 9.17) is 17.0 Å². The van der Waals surface area contributed by atoms with Crippen LogP contribution in [0.15, 0.2) is 48.5 Å². The molecule has 1 fully saturated rings. The maximum atomic E-state index is 5.42. The van der Waals surface area contributed by atoms with Crippen molar-refractivity contribution in [3.63, 3.8) is 0 Å². The van der Waals surface area contributed by atoms with Crippen LogP contribution in [0, 0.1) is 0 Å². The lowest BCUT2D eigenvalue weighted by Gasteiger charge is -2.26. The Bertz CT molecular complexity index is 696. The Balaban J connectivity index is 1.52. The molecule has 0 amide bonds. The average molecular weight is 356 g/mol. The fraction of sp³-hybridized carbons (Fsp3) is 0.350. The van der Waals surface area contributed by atoms with Crippen LogP contribution in [0.25, 0.3) is 0 Å². The van der Waals surface area contributed by atoms with E-state index in [1.165, 1.54) is 11.1 Å². The largest absolute Gasteiger partial charge is 0.379 e. The van der Waals surface area contributed by atoms with Gasteiger partial charge in [-0.2, -0.15) is 0 Å². The van der Waals surface area contributed by atoms with Crippen molar-refractivity contribution < 1.29 is 4.74 Å². The summed E-state index contributed by atoms with van der Waals surface area (Å²) in [5.74, 6) is 0. The van der Waals surface area contributed by atoms with Crippen LogP contribution in [0.3, 0.4) is 0 Å². The molecular formula is C20H25N3OS. The molecule has 5 heteroatoms. The molecule has 0 atom stereocenters. The first kappa shape index (κ1) is 17.9. The molecule has 2 N–H and O–H groups in total. The molecule has 4 nitrogen and oxygen atoms in total. The lowest BCUT2D eigenvalue weighted by atomic mass is 10.1. The summed E-state index contributed by atoms with van der Waals surface area (Å²) in [5, 5.41) is 7.09. The van der Waals surface area contributed by atoms with Crippen LogP contribution < -0.4 is 10.6 Å². The monoisotopic (exact) mass is 355 g/mol. The molecule has 0 spiro atoms. The van der Waals surface area contributed by atoms with E-state index < -0.39 is 0 Å². The van der Waals surface area contributed by atoms with Gasteiger partial charge in [-0.05, 0) is 54.0 Å². The number of thiocarbonyl (C=S) groups is 1. The smallest absolute Gasteiger partial charge is 0.175 e. The van der Waals surface area contributed by atoms with Crippen LogP contribution in [0.2, 0.25) is 0 Å². The molecule has 0 unspecified atom stereocenters. The Morgan fingerprint density at radius 1 is 1.00 bits per heavy atom. The van der Waals surface area contributed by atoms with E-state index in [0.717, 1.165) is 50.6 Å². The number of benzene rings is 2. The van der Waals surface area contributed by atoms with Gasteiger partial charge in [0.25, 0.3) is 0 Å². The van der Waals surface area contributed by atoms with E-state index in [1.54, 1.807) is 0 Å². The van der Waals surface area contributed by atoms with Gasteiger partial charge in [0.2, 0.25) is 0 Å². The lowest BCUT2D eigenvalue weighted by molar-refractivity contribution is 0.0342. The molecule has 2 aromatic carbocycles. The highest BCUT2D eigenvalue weighted by molar-refractivity contribution is 7.80. The number of ether oxygens (including phenoxy) is 1. The number of nitrogens with zero attached hydrogens (tertiary/aromatic N) is 1. The topological polar surface area (TPSA) is 36.5 Å². The summed E-state index contributed by atoms with van der Waals surface area (Å²) >= 11 is 5.42. The molecule has 0 bridgehead atoms. The van der Waals surface area contributed by atoms with Crippen molar-refractivity contribution in [2.45, 2.75) is 19.9 Å². The maximum Gasteiger partial charge on any atom is 0.175 e. The summed E-state index contributed by atoms with van der Waals surface area (Å²) in [6, 6.07) is 16.8. The Labute approximate surface area is 155 Å². The number of rotatable bonds is 5. The SMILES string of the molecule is CCc1cccc(NC(=S)Nc2ccc(CN3CCOCC3)cc2)c1. The Kier molecular flexibility index (Phi) is 6.39. The zero-order valence-electron chi connectivity index (χ0n) is 14.6. The van der Waals surface area contributed by atoms with Crippen molar-refractivity contribution in [2.75, 3.05) is 36.9 Å². The van der Waals surface area contributed by atoms with Gasteiger partial charge in [0.15, 0.2) is 5.11 Å². The van der Waals surface area contributed by atoms with Gasteiger partial charge >= 0.3 is 0 Å². The first-order valence-electron chi connectivity index (χ1n) is 8.79. The van der Waals surface area contributed by atoms with Gasteiger partial charge < -0.3 is 15.4 Å². The minimum Gasteiger partial charge on any atom is -0.379 e. The van der Waals surface area contributed by atoms with Crippen molar-refractivity contribution in [1.29, 1.82) is 0 Å². The molecule has 3 rings (SSSR count). The third-order valence-electron chi connectivity index (χ3n) is 4.31. The quantitative estimate of drug-likeness (QED) is 0.796. The van der Waals surface area contributed by atoms with Gasteiger partial charge in [0.05, 0.1) is 13.2 Å². The first-order chi connectivity index (χ1) is 12.2. The molecule has 2 aromatic rings. The van der Waals surface area contributed by atoms with Gasteiger partial charge in [-0.3, -0.25) is 4.90 Å². The van der Waals surface area contributed by atoms with Crippen LogP contribution in [-0.2, 0) is 17.7 Å². The Morgan fingerprint density at radius 3 is 2.44 bits per heavy atom. The normalized spacial score (nSPS) is 14.9. The molecule has 0 aromatic heterocycles. The van der Waals surface area contributed by atoms with Crippen LogP contribution in [0.1, 0.15) is 18.1 Å². The highest BCUT2D eigenvalue weighted by atomic mass is 32.1. The first-order valence-corrected chi connectivity index (χ1v) is 9.20. The molecular weight excluding hydrogens is 330 g/mol. The van der Waals surface area contributed by atoms with Gasteiger partial charge in [0.1, 0.15) is 0 Å². The highest BCUT2D eigenvalue weighted by Crippen LogP contribution is 2.15. The van der Waals surface area contributed by atoms with Crippen molar-refractivity contribution >= 4 is 28.7 Å². The van der Waals surface area contributed by atoms with Gasteiger partial charge in [-0.15, -0.1) is 0 Å². The van der Waals surface area contributed by atoms with Crippen molar-refractivity contribution in [3.8, 4) is 0 Å². The fourth-order valence-corrected chi connectivity index (χ4v) is 3.11. The van der Waals surface area contributed by atoms with Crippen LogP contribution in [0.5, 0.6) is 0 Å². The van der Waals surface area contributed by atoms with E-state index in [0.29, 0.717) is 5.11 Å². The highest BCUT2D eigenvalue weighted by Gasteiger charge is 2.10. The second-order valence-corrected chi connectivity index (χ2v) is 6.63. The molecule has 1 aliphatic rings. The summed E-state index contributed by atoms with van der Waals surface area (Å²) in [6.07, 6.45) is 1.01. The van der Waals surface area contributed by atoms with E-state index in [1.807, 2.05) is 12.1 Å². The molecule has 1 saturated heterocycles. The van der Waals surface area contributed by atoms with E-state index in [-0.39, 0.29) is 0 Å². The van der Waals surface area contributed by atoms with Gasteiger partial charge in [-0.1, -0.05) is 31.2 Å². The van der Waals surface area contributed by atoms with Gasteiger partial charge in [0, 0.05) is 31.0 Å². The Morgan fingerprint density at radius 2 is 1.72 bits per heavy atom. The van der Waals surface area contributed by atoms with Crippen molar-refractivity contribution in [3.05, 3.63) is 59.7 Å². The molecule has 0 aliphatic carbocycles. The second-order valence-electron chi connectivity index (χ2n) is 6.22. The molecule has 0 saturated carbocycles. The van der Waals surface area contributed by atoms with Crippen LogP contribution in [0.4, 0.5) is 11.4 Å². The predicted molar refractivity (Wildman–Crippen MR) is 108 cm³/mol. The number of hydrogen-bond acceptors (Lipinski definition) is 3. The minimum absolute atomic E-state index is 0.606. The van der Waals surface area contributed by atoms with E-state index in [2.05, 4.69) is 58.9 Å². The number of anilines is 2. The van der Waals surface area contributed by atoms with E-state index in [9.17, 15) is 0 Å². The van der Waals surface area contributed by atoms with Crippen LogP contribution >= 0.6 is 12.2 Å². The summed E-state index contributed by atoms with van der Waals surface area (Å²) < 4.78 is 5.39. The lowest BCUT2D eigenvalue weighted by Crippen LogP contribution is -2.35. The molecule has 0 radical (unpaired) electrons. The molecule has 132 valence electrons. The summed E-state index contributed by atoms with van der Waals surface area (Å²) in [5.41, 5.74) is 4.61. The van der Waals surface area contributed by atoms with E-state index >= 15 is 0 Å². The van der Waals surface area contributed by atoms with Crippen molar-refractivity contribution in [1.82, 2.24) is 4.90 Å². The third kappa shape index (κ3) is 5.53. The average Bonchev–Trinajstić information content (AvgIpc) is 2.64. The number of aryl methyl sites for hydroxylation is 1. The maximum absolute atomic E-state index is 5.42. The third-order valence-corrected chi connectivity index (χ3v) is 4.52. The predicted octanol–water partition coefficient (Wildman–Crippen LogP) is 3.89. The zero-order chi connectivity index (χ0) is 17.5. The summed E-state index contributed by atoms with van der Waals surface area (Å²) in [4.78, 5) is 2.42. The second kappa shape index (κ2) is 8.94. The number of morpholine rings is 1. The molecule has 25 heavy (non-hydrogen) atoms. The summed E-state index contributed by atoms with van der Waals surface area (Å²) in [7, 11) is 0. The van der Waals surface area contributed by atoms with Crippen LogP contribution in [-0.4, -0.2) is 36.3 Å². The molecule has 1 aliphatic heterocycles. The summed E-state index contributed by atoms with van der Waals surface area (Å²) in [6.45, 7) is 6.79. The van der Waals surface area contributed by atoms with Gasteiger partial charge in [-0.25, -0.2) is 0 Å². The zero-order valence-corrected chi connectivity index (χ0v) is 15.4. The standard InChI is InChI=1S/C20H25N3OS/c1-2-16-4-3-5-19(14-16)22-20(25)21-18-8-6-17(7-9-18)15-23-10-12-24-13-11-23/h3-9,14H,2,10-13,15H2,1H3,(H2,21,22,25). The fourth-order valence-electron chi connectivity index (χ4n) is 2.87. The molecule has 1 heterocycles. The minimum atomic E-state index is 0.606.